The molecule has 1 amide bonds. The molecule has 3 aromatic rings. The van der Waals surface area contributed by atoms with Crippen LogP contribution in [0.5, 0.6) is 5.75 Å². The molecule has 0 aliphatic carbocycles. The van der Waals surface area contributed by atoms with Crippen molar-refractivity contribution >= 4 is 46.0 Å². The van der Waals surface area contributed by atoms with Crippen LogP contribution < -0.4 is 4.74 Å². The Labute approximate surface area is 221 Å². The highest BCUT2D eigenvalue weighted by Gasteiger charge is 2.31. The van der Waals surface area contributed by atoms with Gasteiger partial charge < -0.3 is 18.9 Å². The Bertz CT molecular complexity index is 1330. The van der Waals surface area contributed by atoms with Crippen LogP contribution in [0.1, 0.15) is 40.9 Å². The van der Waals surface area contributed by atoms with Gasteiger partial charge in [-0.2, -0.15) is 0 Å². The third kappa shape index (κ3) is 6.15. The van der Waals surface area contributed by atoms with Gasteiger partial charge in [-0.15, -0.1) is 13.2 Å². The molecule has 0 radical (unpaired) electrons. The number of halogens is 5. The van der Waals surface area contributed by atoms with Crippen LogP contribution in [0.25, 0.3) is 10.9 Å². The molecule has 2 heterocycles. The molecule has 1 saturated heterocycles. The van der Waals surface area contributed by atoms with Crippen LogP contribution in [-0.2, 0) is 23.0 Å². The first-order chi connectivity index (χ1) is 17.5. The number of ether oxygens (including phenoxy) is 2. The number of alkyl halides is 3. The molecule has 0 spiro atoms. The first kappa shape index (κ1) is 27.1. The standard InChI is InChI=1S/C26H25Cl2F3N2O4/c1-32-17(12-16-3-4-18(14-22(16)32)37-26(29,30)31)13-20-21(27)6-5-19(24(20)28)25(35)33-9-7-15(8-10-33)11-23(34)36-2/h3-6,12,14-15H,7-11,13H2,1-2H3. The van der Waals surface area contributed by atoms with E-state index >= 15 is 0 Å². The number of hydrogen-bond donors (Lipinski definition) is 0. The Balaban J connectivity index is 1.54. The Kier molecular flexibility index (Phi) is 7.94. The van der Waals surface area contributed by atoms with E-state index in [0.717, 1.165) is 11.1 Å². The van der Waals surface area contributed by atoms with Crippen LogP contribution in [0.15, 0.2) is 36.4 Å². The Morgan fingerprint density at radius 3 is 2.43 bits per heavy atom. The summed E-state index contributed by atoms with van der Waals surface area (Å²) in [6, 6.07) is 9.18. The smallest absolute Gasteiger partial charge is 0.469 e. The number of methoxy groups -OCH3 is 1. The molecule has 1 aromatic heterocycles. The minimum absolute atomic E-state index is 0.168. The molecule has 0 saturated carbocycles. The zero-order chi connectivity index (χ0) is 26.9. The number of nitrogens with zero attached hydrogens (tertiary/aromatic N) is 2. The lowest BCUT2D eigenvalue weighted by Crippen LogP contribution is -2.39. The maximum Gasteiger partial charge on any atom is 0.573 e. The molecule has 37 heavy (non-hydrogen) atoms. The summed E-state index contributed by atoms with van der Waals surface area (Å²) in [6.07, 6.45) is -2.81. The van der Waals surface area contributed by atoms with Crippen LogP contribution in [0, 0.1) is 5.92 Å². The van der Waals surface area contributed by atoms with Gasteiger partial charge in [-0.1, -0.05) is 23.2 Å². The minimum atomic E-state index is -4.79. The number of piperidine rings is 1. The fourth-order valence-corrected chi connectivity index (χ4v) is 5.25. The van der Waals surface area contributed by atoms with Crippen LogP contribution in [0.3, 0.4) is 0 Å². The molecule has 6 nitrogen and oxygen atoms in total. The van der Waals surface area contributed by atoms with E-state index in [0.29, 0.717) is 54.0 Å². The Morgan fingerprint density at radius 1 is 1.08 bits per heavy atom. The van der Waals surface area contributed by atoms with Crippen molar-refractivity contribution in [3.63, 3.8) is 0 Å². The summed E-state index contributed by atoms with van der Waals surface area (Å²) >= 11 is 13.2. The number of carbonyl (C=O) groups excluding carboxylic acids is 2. The van der Waals surface area contributed by atoms with Gasteiger partial charge >= 0.3 is 12.3 Å². The van der Waals surface area contributed by atoms with E-state index in [9.17, 15) is 22.8 Å². The number of hydrogen-bond acceptors (Lipinski definition) is 4. The van der Waals surface area contributed by atoms with Gasteiger partial charge in [-0.25, -0.2) is 0 Å². The first-order valence-electron chi connectivity index (χ1n) is 11.6. The molecule has 0 atom stereocenters. The molecular formula is C26H25Cl2F3N2O4. The highest BCUT2D eigenvalue weighted by atomic mass is 35.5. The summed E-state index contributed by atoms with van der Waals surface area (Å²) < 4.78 is 48.4. The average Bonchev–Trinajstić information content (AvgIpc) is 3.15. The average molecular weight is 557 g/mol. The number of fused-ring (bicyclic) bond motifs is 1. The second kappa shape index (κ2) is 10.8. The fraction of sp³-hybridized carbons (Fsp3) is 0.385. The Hall–Kier alpha value is -2.91. The lowest BCUT2D eigenvalue weighted by molar-refractivity contribution is -0.274. The first-order valence-corrected chi connectivity index (χ1v) is 12.4. The quantitative estimate of drug-likeness (QED) is 0.330. The molecule has 0 unspecified atom stereocenters. The number of amides is 1. The van der Waals surface area contributed by atoms with Crippen molar-refractivity contribution in [1.29, 1.82) is 0 Å². The number of esters is 1. The van der Waals surface area contributed by atoms with Gasteiger partial charge in [0.2, 0.25) is 0 Å². The molecule has 1 aliphatic rings. The summed E-state index contributed by atoms with van der Waals surface area (Å²) in [5.41, 5.74) is 2.17. The number of aryl methyl sites for hydroxylation is 1. The largest absolute Gasteiger partial charge is 0.573 e. The molecule has 198 valence electrons. The summed E-state index contributed by atoms with van der Waals surface area (Å²) in [5.74, 6) is -0.619. The number of carbonyl (C=O) groups is 2. The third-order valence-electron chi connectivity index (χ3n) is 6.71. The van der Waals surface area contributed by atoms with E-state index < -0.39 is 6.36 Å². The van der Waals surface area contributed by atoms with E-state index in [-0.39, 0.29) is 35.0 Å². The van der Waals surface area contributed by atoms with Crippen LogP contribution in [0.2, 0.25) is 10.0 Å². The number of aromatic nitrogens is 1. The van der Waals surface area contributed by atoms with Crippen LogP contribution in [0.4, 0.5) is 13.2 Å². The number of rotatable bonds is 6. The van der Waals surface area contributed by atoms with Crippen molar-refractivity contribution in [2.24, 2.45) is 13.0 Å². The number of likely N-dealkylation sites (tertiary alicyclic amines) is 1. The zero-order valence-corrected chi connectivity index (χ0v) is 21.7. The van der Waals surface area contributed by atoms with E-state index in [1.807, 2.05) is 6.07 Å². The van der Waals surface area contributed by atoms with Gasteiger partial charge in [0.25, 0.3) is 5.91 Å². The van der Waals surface area contributed by atoms with E-state index in [2.05, 4.69) is 4.74 Å². The van der Waals surface area contributed by atoms with Crippen molar-refractivity contribution in [3.8, 4) is 5.75 Å². The minimum Gasteiger partial charge on any atom is -0.469 e. The Morgan fingerprint density at radius 2 is 1.78 bits per heavy atom. The van der Waals surface area contributed by atoms with Gasteiger partial charge in [0, 0.05) is 55.1 Å². The highest BCUT2D eigenvalue weighted by Crippen LogP contribution is 2.34. The zero-order valence-electron chi connectivity index (χ0n) is 20.2. The van der Waals surface area contributed by atoms with Crippen LogP contribution >= 0.6 is 23.2 Å². The lowest BCUT2D eigenvalue weighted by atomic mass is 9.93. The van der Waals surface area contributed by atoms with Gasteiger partial charge in [0.05, 0.1) is 23.2 Å². The van der Waals surface area contributed by atoms with Gasteiger partial charge in [0.15, 0.2) is 0 Å². The van der Waals surface area contributed by atoms with E-state index in [1.54, 1.807) is 34.7 Å². The van der Waals surface area contributed by atoms with E-state index in [1.165, 1.54) is 19.2 Å². The second-order valence-electron chi connectivity index (χ2n) is 9.04. The topological polar surface area (TPSA) is 60.8 Å². The second-order valence-corrected chi connectivity index (χ2v) is 9.83. The maximum atomic E-state index is 13.3. The summed E-state index contributed by atoms with van der Waals surface area (Å²) in [6.45, 7) is 1.00. The SMILES string of the molecule is COC(=O)CC1CCN(C(=O)c2ccc(Cl)c(Cc3cc4ccc(OC(F)(F)F)cc4n3C)c2Cl)CC1. The molecule has 4 rings (SSSR count). The summed E-state index contributed by atoms with van der Waals surface area (Å²) in [7, 11) is 3.09. The summed E-state index contributed by atoms with van der Waals surface area (Å²) in [5, 5.41) is 1.34. The predicted molar refractivity (Wildman–Crippen MR) is 134 cm³/mol. The molecule has 0 bridgehead atoms. The molecule has 0 N–H and O–H groups in total. The van der Waals surface area contributed by atoms with Crippen LogP contribution in [-0.4, -0.2) is 47.9 Å². The van der Waals surface area contributed by atoms with Crippen molar-refractivity contribution in [2.75, 3.05) is 20.2 Å². The van der Waals surface area contributed by atoms with Crippen molar-refractivity contribution in [3.05, 3.63) is 63.3 Å². The molecule has 11 heteroatoms. The van der Waals surface area contributed by atoms with Gasteiger partial charge in [-0.3, -0.25) is 9.59 Å². The van der Waals surface area contributed by atoms with Gasteiger partial charge in [0.1, 0.15) is 5.75 Å². The molecule has 1 fully saturated rings. The van der Waals surface area contributed by atoms with Crippen molar-refractivity contribution in [2.45, 2.75) is 32.0 Å². The maximum absolute atomic E-state index is 13.3. The van der Waals surface area contributed by atoms with E-state index in [4.69, 9.17) is 27.9 Å². The molecular weight excluding hydrogens is 532 g/mol. The van der Waals surface area contributed by atoms with Crippen molar-refractivity contribution < 1.29 is 32.2 Å². The predicted octanol–water partition coefficient (Wildman–Crippen LogP) is 6.39. The highest BCUT2D eigenvalue weighted by molar-refractivity contribution is 6.38. The fourth-order valence-electron chi connectivity index (χ4n) is 4.67. The number of benzene rings is 2. The normalized spacial score (nSPS) is 14.7. The third-order valence-corrected chi connectivity index (χ3v) is 7.49. The monoisotopic (exact) mass is 556 g/mol. The lowest BCUT2D eigenvalue weighted by Gasteiger charge is -2.32. The summed E-state index contributed by atoms with van der Waals surface area (Å²) in [4.78, 5) is 26.5. The van der Waals surface area contributed by atoms with Gasteiger partial charge in [-0.05, 0) is 54.7 Å². The molecule has 2 aromatic carbocycles. The molecule has 1 aliphatic heterocycles. The van der Waals surface area contributed by atoms with Crippen molar-refractivity contribution in [1.82, 2.24) is 9.47 Å².